The fraction of sp³-hybridized carbons (Fsp3) is 0.385. The van der Waals surface area contributed by atoms with Crippen LogP contribution in [0.5, 0.6) is 0 Å². The number of carbonyl (C=O) groups is 1. The summed E-state index contributed by atoms with van der Waals surface area (Å²) in [7, 11) is 0. The van der Waals surface area contributed by atoms with Crippen LogP contribution in [0.3, 0.4) is 0 Å². The molecule has 4 rings (SSSR count). The SMILES string of the molecule is CC(C)CCN(Cc1c(-c2ccccc2F)noc1N1CCOCC1)C(=O)c1ccc(F)cc1. The van der Waals surface area contributed by atoms with Gasteiger partial charge >= 0.3 is 0 Å². The van der Waals surface area contributed by atoms with Crippen LogP contribution < -0.4 is 4.90 Å². The highest BCUT2D eigenvalue weighted by Crippen LogP contribution is 2.34. The summed E-state index contributed by atoms with van der Waals surface area (Å²) in [5, 5.41) is 4.23. The van der Waals surface area contributed by atoms with Gasteiger partial charge in [-0.25, -0.2) is 8.78 Å². The molecule has 8 heteroatoms. The topological polar surface area (TPSA) is 58.8 Å². The van der Waals surface area contributed by atoms with Crippen molar-refractivity contribution in [3.63, 3.8) is 0 Å². The van der Waals surface area contributed by atoms with Gasteiger partial charge in [0, 0.05) is 30.8 Å². The molecule has 0 saturated carbocycles. The number of anilines is 1. The predicted molar refractivity (Wildman–Crippen MR) is 126 cm³/mol. The van der Waals surface area contributed by atoms with Crippen LogP contribution in [-0.2, 0) is 11.3 Å². The van der Waals surface area contributed by atoms with E-state index in [1.54, 1.807) is 23.1 Å². The van der Waals surface area contributed by atoms with Crippen molar-refractivity contribution < 1.29 is 22.8 Å². The number of hydrogen-bond donors (Lipinski definition) is 0. The van der Waals surface area contributed by atoms with E-state index in [0.717, 1.165) is 6.42 Å². The van der Waals surface area contributed by atoms with Crippen LogP contribution in [0.4, 0.5) is 14.7 Å². The summed E-state index contributed by atoms with van der Waals surface area (Å²) in [6.07, 6.45) is 0.778. The summed E-state index contributed by atoms with van der Waals surface area (Å²) < 4.78 is 39.4. The maximum absolute atomic E-state index is 14.7. The fourth-order valence-electron chi connectivity index (χ4n) is 3.96. The number of amides is 1. The van der Waals surface area contributed by atoms with Crippen molar-refractivity contribution in [1.29, 1.82) is 0 Å². The molecule has 0 N–H and O–H groups in total. The quantitative estimate of drug-likeness (QED) is 0.457. The molecule has 0 atom stereocenters. The van der Waals surface area contributed by atoms with E-state index >= 15 is 0 Å². The molecule has 0 radical (unpaired) electrons. The first kappa shape index (κ1) is 23.9. The lowest BCUT2D eigenvalue weighted by Crippen LogP contribution is -2.37. The number of ether oxygens (including phenoxy) is 1. The highest BCUT2D eigenvalue weighted by molar-refractivity contribution is 5.94. The van der Waals surface area contributed by atoms with E-state index in [1.165, 1.54) is 30.3 Å². The van der Waals surface area contributed by atoms with Crippen molar-refractivity contribution in [3.05, 3.63) is 71.3 Å². The molecule has 1 amide bonds. The first-order valence-corrected chi connectivity index (χ1v) is 11.5. The Morgan fingerprint density at radius 2 is 1.79 bits per heavy atom. The molecule has 0 unspecified atom stereocenters. The van der Waals surface area contributed by atoms with E-state index in [1.807, 2.05) is 4.90 Å². The average molecular weight is 470 g/mol. The Balaban J connectivity index is 1.73. The molecule has 0 bridgehead atoms. The maximum atomic E-state index is 14.7. The van der Waals surface area contributed by atoms with Crippen LogP contribution in [0.1, 0.15) is 36.2 Å². The molecule has 1 aliphatic heterocycles. The Bertz CT molecular complexity index is 1110. The van der Waals surface area contributed by atoms with Gasteiger partial charge in [-0.05, 0) is 48.7 Å². The van der Waals surface area contributed by atoms with E-state index in [0.29, 0.717) is 67.0 Å². The zero-order chi connectivity index (χ0) is 24.1. The van der Waals surface area contributed by atoms with Crippen molar-refractivity contribution in [2.45, 2.75) is 26.8 Å². The number of benzene rings is 2. The standard InChI is InChI=1S/C26H29F2N3O3/c1-18(2)11-12-31(25(32)19-7-9-20(27)10-8-19)17-22-24(21-5-3-4-6-23(21)28)29-34-26(22)30-13-15-33-16-14-30/h3-10,18H,11-17H2,1-2H3. The van der Waals surface area contributed by atoms with Crippen LogP contribution >= 0.6 is 0 Å². The maximum Gasteiger partial charge on any atom is 0.254 e. The Labute approximate surface area is 198 Å². The van der Waals surface area contributed by atoms with Crippen molar-refractivity contribution in [2.75, 3.05) is 37.7 Å². The molecule has 0 aliphatic carbocycles. The molecule has 2 aromatic carbocycles. The molecule has 1 aliphatic rings. The largest absolute Gasteiger partial charge is 0.378 e. The molecule has 6 nitrogen and oxygen atoms in total. The van der Waals surface area contributed by atoms with Gasteiger partial charge in [0.1, 0.15) is 17.3 Å². The van der Waals surface area contributed by atoms with Crippen LogP contribution in [0.15, 0.2) is 53.1 Å². The second kappa shape index (κ2) is 10.8. The number of morpholine rings is 1. The number of rotatable bonds is 8. The second-order valence-corrected chi connectivity index (χ2v) is 8.81. The molecule has 1 saturated heterocycles. The fourth-order valence-corrected chi connectivity index (χ4v) is 3.96. The Kier molecular flexibility index (Phi) is 7.57. The van der Waals surface area contributed by atoms with Gasteiger partial charge in [0.05, 0.1) is 25.3 Å². The number of carbonyl (C=O) groups excluding carboxylic acids is 1. The van der Waals surface area contributed by atoms with Crippen LogP contribution in [-0.4, -0.2) is 48.8 Å². The smallest absolute Gasteiger partial charge is 0.254 e. The van der Waals surface area contributed by atoms with Crippen LogP contribution in [0, 0.1) is 17.6 Å². The molecule has 0 spiro atoms. The van der Waals surface area contributed by atoms with Gasteiger partial charge in [0.25, 0.3) is 5.91 Å². The number of aromatic nitrogens is 1. The van der Waals surface area contributed by atoms with E-state index in [4.69, 9.17) is 9.26 Å². The highest BCUT2D eigenvalue weighted by atomic mass is 19.1. The molecular weight excluding hydrogens is 440 g/mol. The van der Waals surface area contributed by atoms with Gasteiger partial charge in [0.2, 0.25) is 5.88 Å². The monoisotopic (exact) mass is 469 g/mol. The molecular formula is C26H29F2N3O3. The predicted octanol–water partition coefficient (Wildman–Crippen LogP) is 5.14. The summed E-state index contributed by atoms with van der Waals surface area (Å²) in [5.74, 6) is -0.155. The summed E-state index contributed by atoms with van der Waals surface area (Å²) >= 11 is 0. The summed E-state index contributed by atoms with van der Waals surface area (Å²) in [6.45, 7) is 7.14. The van der Waals surface area contributed by atoms with Gasteiger partial charge in [-0.1, -0.05) is 31.1 Å². The van der Waals surface area contributed by atoms with Crippen molar-refractivity contribution >= 4 is 11.8 Å². The first-order valence-electron chi connectivity index (χ1n) is 11.5. The minimum Gasteiger partial charge on any atom is -0.378 e. The highest BCUT2D eigenvalue weighted by Gasteiger charge is 2.28. The number of nitrogens with zero attached hydrogens (tertiary/aromatic N) is 3. The lowest BCUT2D eigenvalue weighted by atomic mass is 10.0. The molecule has 3 aromatic rings. The van der Waals surface area contributed by atoms with Gasteiger partial charge in [0.15, 0.2) is 0 Å². The molecule has 2 heterocycles. The van der Waals surface area contributed by atoms with Crippen molar-refractivity contribution in [3.8, 4) is 11.3 Å². The van der Waals surface area contributed by atoms with E-state index < -0.39 is 11.6 Å². The molecule has 1 aromatic heterocycles. The van der Waals surface area contributed by atoms with E-state index in [9.17, 15) is 13.6 Å². The van der Waals surface area contributed by atoms with Crippen LogP contribution in [0.25, 0.3) is 11.3 Å². The molecule has 34 heavy (non-hydrogen) atoms. The normalized spacial score (nSPS) is 14.0. The van der Waals surface area contributed by atoms with Crippen molar-refractivity contribution in [2.24, 2.45) is 5.92 Å². The van der Waals surface area contributed by atoms with Gasteiger partial charge < -0.3 is 19.1 Å². The van der Waals surface area contributed by atoms with Crippen LogP contribution in [0.2, 0.25) is 0 Å². The Morgan fingerprint density at radius 1 is 1.09 bits per heavy atom. The van der Waals surface area contributed by atoms with Gasteiger partial charge in [-0.3, -0.25) is 4.79 Å². The summed E-state index contributed by atoms with van der Waals surface area (Å²) in [6, 6.07) is 11.9. The molecule has 1 fully saturated rings. The minimum absolute atomic E-state index is 0.183. The van der Waals surface area contributed by atoms with E-state index in [2.05, 4.69) is 19.0 Å². The summed E-state index contributed by atoms with van der Waals surface area (Å²) in [5.41, 5.74) is 1.73. The first-order chi connectivity index (χ1) is 16.4. The zero-order valence-corrected chi connectivity index (χ0v) is 19.5. The third-order valence-corrected chi connectivity index (χ3v) is 5.90. The lowest BCUT2D eigenvalue weighted by Gasteiger charge is -2.29. The van der Waals surface area contributed by atoms with Gasteiger partial charge in [-0.15, -0.1) is 0 Å². The third-order valence-electron chi connectivity index (χ3n) is 5.90. The summed E-state index contributed by atoms with van der Waals surface area (Å²) in [4.78, 5) is 17.2. The van der Waals surface area contributed by atoms with Gasteiger partial charge in [-0.2, -0.15) is 0 Å². The minimum atomic E-state index is -0.413. The molecule has 180 valence electrons. The zero-order valence-electron chi connectivity index (χ0n) is 19.5. The number of hydrogen-bond acceptors (Lipinski definition) is 5. The van der Waals surface area contributed by atoms with E-state index in [-0.39, 0.29) is 12.5 Å². The Morgan fingerprint density at radius 3 is 2.47 bits per heavy atom. The van der Waals surface area contributed by atoms with Crippen molar-refractivity contribution in [1.82, 2.24) is 10.1 Å². The Hall–Kier alpha value is -3.26. The second-order valence-electron chi connectivity index (χ2n) is 8.81. The number of halogens is 2. The average Bonchev–Trinajstić information content (AvgIpc) is 3.25. The lowest BCUT2D eigenvalue weighted by molar-refractivity contribution is 0.0735. The third kappa shape index (κ3) is 5.44.